The molecule has 0 atom stereocenters. The van der Waals surface area contributed by atoms with Crippen LogP contribution in [0.5, 0.6) is 0 Å². The Hall–Kier alpha value is -1.85. The smallest absolute Gasteiger partial charge is 0.244 e. The minimum Gasteiger partial charge on any atom is -0.328 e. The van der Waals surface area contributed by atoms with Crippen LogP contribution < -0.4 is 10.6 Å². The van der Waals surface area contributed by atoms with Crippen molar-refractivity contribution in [2.45, 2.75) is 19.9 Å². The summed E-state index contributed by atoms with van der Waals surface area (Å²) in [5, 5.41) is 6.71. The minimum atomic E-state index is -0.0899. The Morgan fingerprint density at radius 2 is 2.10 bits per heavy atom. The molecule has 0 radical (unpaired) electrons. The Morgan fingerprint density at radius 3 is 2.81 bits per heavy atom. The largest absolute Gasteiger partial charge is 0.328 e. The maximum atomic E-state index is 11.9. The van der Waals surface area contributed by atoms with Crippen LogP contribution in [-0.4, -0.2) is 28.5 Å². The summed E-state index contributed by atoms with van der Waals surface area (Å²) >= 11 is 5.80. The molecule has 5 nitrogen and oxygen atoms in total. The number of carbonyl (C=O) groups is 1. The quantitative estimate of drug-likeness (QED) is 0.772. The van der Waals surface area contributed by atoms with Crippen LogP contribution in [0, 0.1) is 0 Å². The third-order valence-electron chi connectivity index (χ3n) is 2.95. The maximum Gasteiger partial charge on any atom is 0.244 e. The summed E-state index contributed by atoms with van der Waals surface area (Å²) in [6, 6.07) is 7.03. The Balaban J connectivity index is 1.83. The average Bonchev–Trinajstić information content (AvgIpc) is 2.89. The number of rotatable bonds is 7. The van der Waals surface area contributed by atoms with Crippen molar-refractivity contribution in [1.29, 1.82) is 0 Å². The zero-order chi connectivity index (χ0) is 15.1. The molecule has 112 valence electrons. The Bertz CT molecular complexity index is 580. The van der Waals surface area contributed by atoms with E-state index in [1.165, 1.54) is 0 Å². The number of halogens is 1. The number of likely N-dealkylation sites (N-methyl/N-ethyl adjacent to an activating group) is 1. The number of hydrogen-bond acceptors (Lipinski definition) is 3. The first-order valence-corrected chi connectivity index (χ1v) is 7.32. The fourth-order valence-electron chi connectivity index (χ4n) is 1.91. The Morgan fingerprint density at radius 1 is 1.33 bits per heavy atom. The molecule has 1 aromatic carbocycles. The second-order valence-electron chi connectivity index (χ2n) is 4.70. The first-order valence-electron chi connectivity index (χ1n) is 6.94. The Kier molecular flexibility index (Phi) is 5.78. The summed E-state index contributed by atoms with van der Waals surface area (Å²) in [7, 11) is 0. The number of benzene rings is 1. The van der Waals surface area contributed by atoms with Crippen molar-refractivity contribution >= 4 is 23.2 Å². The van der Waals surface area contributed by atoms with E-state index in [0.29, 0.717) is 5.02 Å². The topological polar surface area (TPSA) is 59.0 Å². The molecular weight excluding hydrogens is 288 g/mol. The van der Waals surface area contributed by atoms with Crippen LogP contribution in [0.1, 0.15) is 12.6 Å². The maximum absolute atomic E-state index is 11.9. The minimum absolute atomic E-state index is 0.0899. The fraction of sp³-hybridized carbons (Fsp3) is 0.333. The zero-order valence-electron chi connectivity index (χ0n) is 12.0. The normalized spacial score (nSPS) is 10.6. The molecule has 2 N–H and O–H groups in total. The van der Waals surface area contributed by atoms with E-state index in [0.717, 1.165) is 30.9 Å². The van der Waals surface area contributed by atoms with Gasteiger partial charge in [0.05, 0.1) is 12.0 Å². The number of aromatic nitrogens is 2. The molecule has 6 heteroatoms. The van der Waals surface area contributed by atoms with Gasteiger partial charge in [0.1, 0.15) is 6.54 Å². The lowest BCUT2D eigenvalue weighted by atomic mass is 10.3. The van der Waals surface area contributed by atoms with Crippen LogP contribution in [0.15, 0.2) is 36.8 Å². The molecule has 2 aromatic rings. The molecule has 0 aliphatic heterocycles. The second kappa shape index (κ2) is 7.81. The van der Waals surface area contributed by atoms with Gasteiger partial charge in [-0.2, -0.15) is 0 Å². The van der Waals surface area contributed by atoms with Gasteiger partial charge < -0.3 is 15.2 Å². The first-order chi connectivity index (χ1) is 10.2. The Labute approximate surface area is 129 Å². The highest BCUT2D eigenvalue weighted by Gasteiger charge is 2.05. The van der Waals surface area contributed by atoms with Crippen LogP contribution in [0.4, 0.5) is 5.69 Å². The van der Waals surface area contributed by atoms with Crippen molar-refractivity contribution in [1.82, 2.24) is 14.9 Å². The summed E-state index contributed by atoms with van der Waals surface area (Å²) in [5.74, 6) is -0.0899. The summed E-state index contributed by atoms with van der Waals surface area (Å²) in [6.45, 7) is 4.16. The number of carbonyl (C=O) groups excluding carboxylic acids is 1. The standard InChI is InChI=1S/C15H19ClN4O/c1-2-17-8-7-14-9-20(11-18-14)10-15(21)19-13-5-3-12(16)4-6-13/h3-6,9,11,17H,2,7-8,10H2,1H3,(H,19,21). The summed E-state index contributed by atoms with van der Waals surface area (Å²) in [6.07, 6.45) is 4.45. The highest BCUT2D eigenvalue weighted by atomic mass is 35.5. The molecule has 1 aromatic heterocycles. The van der Waals surface area contributed by atoms with E-state index >= 15 is 0 Å². The van der Waals surface area contributed by atoms with Crippen molar-refractivity contribution in [3.05, 3.63) is 47.5 Å². The van der Waals surface area contributed by atoms with Crippen molar-refractivity contribution in [2.24, 2.45) is 0 Å². The lowest BCUT2D eigenvalue weighted by Crippen LogP contribution is -2.18. The highest BCUT2D eigenvalue weighted by Crippen LogP contribution is 2.13. The number of anilines is 1. The summed E-state index contributed by atoms with van der Waals surface area (Å²) < 4.78 is 1.78. The molecule has 1 heterocycles. The molecule has 0 aliphatic carbocycles. The monoisotopic (exact) mass is 306 g/mol. The predicted octanol–water partition coefficient (Wildman–Crippen LogP) is 2.33. The van der Waals surface area contributed by atoms with Gasteiger partial charge in [0.15, 0.2) is 0 Å². The second-order valence-corrected chi connectivity index (χ2v) is 5.13. The molecule has 0 unspecified atom stereocenters. The summed E-state index contributed by atoms with van der Waals surface area (Å²) in [5.41, 5.74) is 1.71. The molecule has 0 spiro atoms. The van der Waals surface area contributed by atoms with Gasteiger partial charge in [-0.25, -0.2) is 4.98 Å². The molecule has 0 bridgehead atoms. The van der Waals surface area contributed by atoms with Gasteiger partial charge in [-0.15, -0.1) is 0 Å². The van der Waals surface area contributed by atoms with Gasteiger partial charge >= 0.3 is 0 Å². The van der Waals surface area contributed by atoms with Gasteiger partial charge in [0, 0.05) is 29.9 Å². The van der Waals surface area contributed by atoms with Gasteiger partial charge in [-0.1, -0.05) is 18.5 Å². The molecule has 1 amide bonds. The van der Waals surface area contributed by atoms with Crippen molar-refractivity contribution in [3.8, 4) is 0 Å². The number of hydrogen-bond donors (Lipinski definition) is 2. The van der Waals surface area contributed by atoms with E-state index in [1.807, 2.05) is 6.20 Å². The lowest BCUT2D eigenvalue weighted by Gasteiger charge is -2.05. The predicted molar refractivity (Wildman–Crippen MR) is 84.6 cm³/mol. The first kappa shape index (κ1) is 15.5. The molecule has 0 aliphatic rings. The lowest BCUT2D eigenvalue weighted by molar-refractivity contribution is -0.116. The SMILES string of the molecule is CCNCCc1cn(CC(=O)Nc2ccc(Cl)cc2)cn1. The third-order valence-corrected chi connectivity index (χ3v) is 3.20. The fourth-order valence-corrected chi connectivity index (χ4v) is 2.04. The van der Waals surface area contributed by atoms with Gasteiger partial charge in [0.25, 0.3) is 0 Å². The number of nitrogens with one attached hydrogen (secondary N) is 2. The van der Waals surface area contributed by atoms with Crippen molar-refractivity contribution in [3.63, 3.8) is 0 Å². The zero-order valence-corrected chi connectivity index (χ0v) is 12.7. The van der Waals surface area contributed by atoms with E-state index in [9.17, 15) is 4.79 Å². The molecule has 21 heavy (non-hydrogen) atoms. The average molecular weight is 307 g/mol. The van der Waals surface area contributed by atoms with E-state index in [-0.39, 0.29) is 12.5 Å². The van der Waals surface area contributed by atoms with E-state index in [4.69, 9.17) is 11.6 Å². The van der Waals surface area contributed by atoms with Gasteiger partial charge in [-0.3, -0.25) is 4.79 Å². The van der Waals surface area contributed by atoms with E-state index in [2.05, 4.69) is 22.5 Å². The molecule has 0 saturated heterocycles. The number of imidazole rings is 1. The van der Waals surface area contributed by atoms with Gasteiger partial charge in [-0.05, 0) is 30.8 Å². The van der Waals surface area contributed by atoms with E-state index in [1.54, 1.807) is 35.2 Å². The molecular formula is C15H19ClN4O. The molecule has 0 saturated carbocycles. The van der Waals surface area contributed by atoms with Crippen LogP contribution in [0.3, 0.4) is 0 Å². The molecule has 2 rings (SSSR count). The number of amides is 1. The van der Waals surface area contributed by atoms with Crippen LogP contribution in [-0.2, 0) is 17.8 Å². The summed E-state index contributed by atoms with van der Waals surface area (Å²) in [4.78, 5) is 16.2. The van der Waals surface area contributed by atoms with Crippen LogP contribution in [0.2, 0.25) is 5.02 Å². The van der Waals surface area contributed by atoms with Gasteiger partial charge in [0.2, 0.25) is 5.91 Å². The van der Waals surface area contributed by atoms with Crippen LogP contribution in [0.25, 0.3) is 0 Å². The highest BCUT2D eigenvalue weighted by molar-refractivity contribution is 6.30. The number of nitrogens with zero attached hydrogens (tertiary/aromatic N) is 2. The van der Waals surface area contributed by atoms with Crippen molar-refractivity contribution in [2.75, 3.05) is 18.4 Å². The van der Waals surface area contributed by atoms with Crippen LogP contribution >= 0.6 is 11.6 Å². The molecule has 0 fully saturated rings. The van der Waals surface area contributed by atoms with Crippen molar-refractivity contribution < 1.29 is 4.79 Å². The van der Waals surface area contributed by atoms with E-state index < -0.39 is 0 Å². The third kappa shape index (κ3) is 5.21.